The van der Waals surface area contributed by atoms with E-state index in [2.05, 4.69) is 24.1 Å². The fourth-order valence-corrected chi connectivity index (χ4v) is 2.39. The molecule has 0 spiro atoms. The Morgan fingerprint density at radius 2 is 2.25 bits per heavy atom. The largest absolute Gasteiger partial charge is 0.494 e. The lowest BCUT2D eigenvalue weighted by atomic mass is 9.95. The number of rotatable bonds is 3. The van der Waals surface area contributed by atoms with Gasteiger partial charge in [-0.15, -0.1) is 0 Å². The van der Waals surface area contributed by atoms with Crippen molar-refractivity contribution in [2.45, 2.75) is 18.9 Å². The van der Waals surface area contributed by atoms with E-state index in [1.807, 2.05) is 19.1 Å². The van der Waals surface area contributed by atoms with E-state index in [0.717, 1.165) is 18.8 Å². The lowest BCUT2D eigenvalue weighted by Crippen LogP contribution is -2.27. The number of hydrogen-bond donors (Lipinski definition) is 1. The van der Waals surface area contributed by atoms with Gasteiger partial charge in [0.25, 0.3) is 0 Å². The molecule has 3 nitrogen and oxygen atoms in total. The van der Waals surface area contributed by atoms with Gasteiger partial charge in [-0.1, -0.05) is 12.1 Å². The minimum Gasteiger partial charge on any atom is -0.494 e. The van der Waals surface area contributed by atoms with Crippen LogP contribution in [0.5, 0.6) is 5.75 Å². The lowest BCUT2D eigenvalue weighted by Gasteiger charge is -2.15. The van der Waals surface area contributed by atoms with Gasteiger partial charge in [0.15, 0.2) is 0 Å². The molecule has 1 fully saturated rings. The van der Waals surface area contributed by atoms with Gasteiger partial charge in [-0.25, -0.2) is 0 Å². The zero-order valence-electron chi connectivity index (χ0n) is 10.0. The van der Waals surface area contributed by atoms with Crippen molar-refractivity contribution in [3.8, 4) is 5.75 Å². The maximum Gasteiger partial charge on any atom is 0.119 e. The molecule has 1 aromatic rings. The van der Waals surface area contributed by atoms with Crippen LogP contribution in [0.3, 0.4) is 0 Å². The fraction of sp³-hybridized carbons (Fsp3) is 0.538. The van der Waals surface area contributed by atoms with Crippen LogP contribution < -0.4 is 10.5 Å². The molecule has 2 rings (SSSR count). The molecule has 88 valence electrons. The summed E-state index contributed by atoms with van der Waals surface area (Å²) in [4.78, 5) is 2.28. The van der Waals surface area contributed by atoms with Crippen LogP contribution in [0.15, 0.2) is 24.3 Å². The third-order valence-corrected chi connectivity index (χ3v) is 3.14. The first kappa shape index (κ1) is 11.4. The molecule has 1 saturated heterocycles. The highest BCUT2D eigenvalue weighted by atomic mass is 16.5. The van der Waals surface area contributed by atoms with Crippen molar-refractivity contribution < 1.29 is 4.74 Å². The highest BCUT2D eigenvalue weighted by Gasteiger charge is 2.29. The molecule has 2 atom stereocenters. The molecule has 0 bridgehead atoms. The summed E-state index contributed by atoms with van der Waals surface area (Å²) in [7, 11) is 2.12. The Balaban J connectivity index is 2.16. The van der Waals surface area contributed by atoms with Gasteiger partial charge in [0.2, 0.25) is 0 Å². The first-order chi connectivity index (χ1) is 7.70. The molecule has 1 aliphatic rings. The highest BCUT2D eigenvalue weighted by molar-refractivity contribution is 5.32. The molecule has 0 radical (unpaired) electrons. The average Bonchev–Trinajstić information content (AvgIpc) is 2.59. The summed E-state index contributed by atoms with van der Waals surface area (Å²) >= 11 is 0. The smallest absolute Gasteiger partial charge is 0.119 e. The summed E-state index contributed by atoms with van der Waals surface area (Å²) in [6.07, 6.45) is 0. The number of likely N-dealkylation sites (tertiary alicyclic amines) is 1. The van der Waals surface area contributed by atoms with Gasteiger partial charge in [0.1, 0.15) is 5.75 Å². The lowest BCUT2D eigenvalue weighted by molar-refractivity contribution is 0.339. The number of ether oxygens (including phenoxy) is 1. The predicted molar refractivity (Wildman–Crippen MR) is 65.8 cm³/mol. The second-order valence-corrected chi connectivity index (χ2v) is 4.50. The second kappa shape index (κ2) is 4.85. The molecule has 0 unspecified atom stereocenters. The van der Waals surface area contributed by atoms with Crippen LogP contribution in [0.1, 0.15) is 18.4 Å². The molecule has 3 heteroatoms. The van der Waals surface area contributed by atoms with E-state index >= 15 is 0 Å². The molecule has 1 heterocycles. The fourth-order valence-electron chi connectivity index (χ4n) is 2.39. The van der Waals surface area contributed by atoms with E-state index in [9.17, 15) is 0 Å². The Hall–Kier alpha value is -1.06. The van der Waals surface area contributed by atoms with Crippen LogP contribution >= 0.6 is 0 Å². The number of hydrogen-bond acceptors (Lipinski definition) is 3. The molecule has 2 N–H and O–H groups in total. The highest BCUT2D eigenvalue weighted by Crippen LogP contribution is 2.27. The van der Waals surface area contributed by atoms with Gasteiger partial charge >= 0.3 is 0 Å². The van der Waals surface area contributed by atoms with Crippen LogP contribution in [0.2, 0.25) is 0 Å². The van der Waals surface area contributed by atoms with E-state index in [0.29, 0.717) is 12.5 Å². The molecular formula is C13H20N2O. The Labute approximate surface area is 97.2 Å². The van der Waals surface area contributed by atoms with Crippen LogP contribution in [-0.4, -0.2) is 37.7 Å². The number of likely N-dealkylation sites (N-methyl/N-ethyl adjacent to an activating group) is 1. The number of nitrogens with two attached hydrogens (primary N) is 1. The van der Waals surface area contributed by atoms with Crippen LogP contribution in [-0.2, 0) is 0 Å². The zero-order valence-corrected chi connectivity index (χ0v) is 10.0. The van der Waals surface area contributed by atoms with Crippen molar-refractivity contribution in [2.75, 3.05) is 26.7 Å². The number of nitrogens with zero attached hydrogens (tertiary/aromatic N) is 1. The molecule has 1 aliphatic heterocycles. The third kappa shape index (κ3) is 2.36. The summed E-state index contributed by atoms with van der Waals surface area (Å²) in [5, 5.41) is 0. The van der Waals surface area contributed by atoms with Crippen molar-refractivity contribution in [3.05, 3.63) is 29.8 Å². The topological polar surface area (TPSA) is 38.5 Å². The van der Waals surface area contributed by atoms with E-state index in [-0.39, 0.29) is 6.04 Å². The first-order valence-electron chi connectivity index (χ1n) is 5.87. The molecule has 1 aromatic carbocycles. The van der Waals surface area contributed by atoms with Gasteiger partial charge in [-0.3, -0.25) is 0 Å². The van der Waals surface area contributed by atoms with Gasteiger partial charge in [-0.2, -0.15) is 0 Å². The summed E-state index contributed by atoms with van der Waals surface area (Å²) in [5.41, 5.74) is 7.44. The normalized spacial score (nSPS) is 25.9. The van der Waals surface area contributed by atoms with Crippen molar-refractivity contribution >= 4 is 0 Å². The quantitative estimate of drug-likeness (QED) is 0.837. The zero-order chi connectivity index (χ0) is 11.5. The Morgan fingerprint density at radius 1 is 1.44 bits per heavy atom. The van der Waals surface area contributed by atoms with Crippen molar-refractivity contribution in [2.24, 2.45) is 5.73 Å². The summed E-state index contributed by atoms with van der Waals surface area (Å²) in [6, 6.07) is 8.55. The minimum absolute atomic E-state index is 0.238. The maximum atomic E-state index is 6.14. The summed E-state index contributed by atoms with van der Waals surface area (Å²) < 4.78 is 5.51. The van der Waals surface area contributed by atoms with Gasteiger partial charge < -0.3 is 15.4 Å². The molecule has 16 heavy (non-hydrogen) atoms. The van der Waals surface area contributed by atoms with Gasteiger partial charge in [0, 0.05) is 25.0 Å². The molecule has 0 saturated carbocycles. The first-order valence-corrected chi connectivity index (χ1v) is 5.87. The van der Waals surface area contributed by atoms with E-state index < -0.39 is 0 Å². The maximum absolute atomic E-state index is 6.14. The standard InChI is InChI=1S/C13H20N2O/c1-3-16-11-6-4-5-10(7-11)12-8-15(2)9-13(12)14/h4-7,12-13H,3,8-9,14H2,1-2H3/t12-,13-/m0/s1. The van der Waals surface area contributed by atoms with Crippen molar-refractivity contribution in [3.63, 3.8) is 0 Å². The molecule has 0 amide bonds. The SMILES string of the molecule is CCOc1cccc([C@@H]2CN(C)C[C@@H]2N)c1. The summed E-state index contributed by atoms with van der Waals surface area (Å²) in [5.74, 6) is 1.38. The van der Waals surface area contributed by atoms with Crippen molar-refractivity contribution in [1.82, 2.24) is 4.90 Å². The summed E-state index contributed by atoms with van der Waals surface area (Å²) in [6.45, 7) is 4.72. The molecule has 0 aromatic heterocycles. The Morgan fingerprint density at radius 3 is 2.88 bits per heavy atom. The third-order valence-electron chi connectivity index (χ3n) is 3.14. The average molecular weight is 220 g/mol. The minimum atomic E-state index is 0.238. The Bertz CT molecular complexity index is 354. The predicted octanol–water partition coefficient (Wildman–Crippen LogP) is 1.44. The van der Waals surface area contributed by atoms with Gasteiger partial charge in [0.05, 0.1) is 6.61 Å². The monoisotopic (exact) mass is 220 g/mol. The van der Waals surface area contributed by atoms with E-state index in [4.69, 9.17) is 10.5 Å². The Kier molecular flexibility index (Phi) is 3.46. The van der Waals surface area contributed by atoms with Crippen LogP contribution in [0.4, 0.5) is 0 Å². The van der Waals surface area contributed by atoms with E-state index in [1.54, 1.807) is 0 Å². The van der Waals surface area contributed by atoms with Gasteiger partial charge in [-0.05, 0) is 31.7 Å². The second-order valence-electron chi connectivity index (χ2n) is 4.50. The van der Waals surface area contributed by atoms with E-state index in [1.165, 1.54) is 5.56 Å². The van der Waals surface area contributed by atoms with Crippen LogP contribution in [0.25, 0.3) is 0 Å². The van der Waals surface area contributed by atoms with Crippen LogP contribution in [0, 0.1) is 0 Å². The molecular weight excluding hydrogens is 200 g/mol. The van der Waals surface area contributed by atoms with Crippen molar-refractivity contribution in [1.29, 1.82) is 0 Å². The molecule has 0 aliphatic carbocycles. The number of benzene rings is 1.